The minimum atomic E-state index is -0.582. The molecular formula is C20H24N2O4. The second kappa shape index (κ2) is 8.17. The highest BCUT2D eigenvalue weighted by atomic mass is 16.5. The van der Waals surface area contributed by atoms with Crippen molar-refractivity contribution in [3.8, 4) is 11.3 Å². The zero-order valence-electron chi connectivity index (χ0n) is 15.2. The van der Waals surface area contributed by atoms with E-state index in [1.54, 1.807) is 6.92 Å². The lowest BCUT2D eigenvalue weighted by atomic mass is 10.00. The molecule has 6 nitrogen and oxygen atoms in total. The van der Waals surface area contributed by atoms with Crippen LogP contribution in [-0.2, 0) is 9.53 Å². The van der Waals surface area contributed by atoms with Gasteiger partial charge in [-0.15, -0.1) is 0 Å². The Kier molecular flexibility index (Phi) is 5.71. The Balaban J connectivity index is 1.69. The van der Waals surface area contributed by atoms with Crippen molar-refractivity contribution in [1.82, 2.24) is 10.1 Å². The van der Waals surface area contributed by atoms with Crippen LogP contribution < -0.4 is 0 Å². The molecule has 2 aromatic rings. The Bertz CT molecular complexity index is 769. The van der Waals surface area contributed by atoms with Gasteiger partial charge in [0.05, 0.1) is 0 Å². The van der Waals surface area contributed by atoms with Crippen molar-refractivity contribution in [2.75, 3.05) is 13.2 Å². The number of amides is 1. The number of likely N-dealkylation sites (tertiary alicyclic amines) is 1. The molecule has 0 saturated carbocycles. The van der Waals surface area contributed by atoms with E-state index in [0.29, 0.717) is 11.5 Å². The van der Waals surface area contributed by atoms with Crippen molar-refractivity contribution in [3.63, 3.8) is 0 Å². The minimum Gasteiger partial charge on any atom is -0.452 e. The molecule has 1 aromatic heterocycles. The Morgan fingerprint density at radius 1 is 1.27 bits per heavy atom. The van der Waals surface area contributed by atoms with Crippen LogP contribution in [0.1, 0.15) is 48.7 Å². The smallest absolute Gasteiger partial charge is 0.344 e. The number of nitrogens with zero attached hydrogens (tertiary/aromatic N) is 2. The number of carbonyl (C=O) groups is 2. The molecule has 0 radical (unpaired) electrons. The van der Waals surface area contributed by atoms with Crippen LogP contribution in [0.4, 0.5) is 0 Å². The fourth-order valence-electron chi connectivity index (χ4n) is 3.44. The molecule has 6 heteroatoms. The van der Waals surface area contributed by atoms with E-state index < -0.39 is 5.97 Å². The standard InChI is InChI=1S/C20H24N2O4/c1-3-16-11-7-8-12-22(16)17(23)13-25-20(24)18-14(2)26-21-19(18)15-9-5-4-6-10-15/h4-6,9-10,16H,3,7-8,11-13H2,1-2H3/t16-/m1/s1. The lowest BCUT2D eigenvalue weighted by Gasteiger charge is -2.35. The summed E-state index contributed by atoms with van der Waals surface area (Å²) in [5.74, 6) is -0.341. The second-order valence-corrected chi connectivity index (χ2v) is 6.55. The van der Waals surface area contributed by atoms with Gasteiger partial charge in [-0.25, -0.2) is 4.79 Å². The van der Waals surface area contributed by atoms with E-state index in [1.165, 1.54) is 0 Å². The number of rotatable bonds is 5. The molecule has 0 N–H and O–H groups in total. The number of aromatic nitrogens is 1. The molecule has 1 atom stereocenters. The van der Waals surface area contributed by atoms with Gasteiger partial charge in [0.1, 0.15) is 17.0 Å². The average Bonchev–Trinajstić information content (AvgIpc) is 3.08. The summed E-state index contributed by atoms with van der Waals surface area (Å²) in [6, 6.07) is 9.54. The van der Waals surface area contributed by atoms with Crippen LogP contribution >= 0.6 is 0 Å². The van der Waals surface area contributed by atoms with Gasteiger partial charge in [-0.2, -0.15) is 0 Å². The first-order valence-corrected chi connectivity index (χ1v) is 9.10. The minimum absolute atomic E-state index is 0.139. The maximum Gasteiger partial charge on any atom is 0.344 e. The molecule has 0 unspecified atom stereocenters. The van der Waals surface area contributed by atoms with E-state index in [-0.39, 0.29) is 24.1 Å². The zero-order valence-corrected chi connectivity index (χ0v) is 15.2. The molecule has 3 rings (SSSR count). The number of benzene rings is 1. The molecule has 2 heterocycles. The van der Waals surface area contributed by atoms with E-state index in [0.717, 1.165) is 37.8 Å². The van der Waals surface area contributed by atoms with Crippen LogP contribution in [0.15, 0.2) is 34.9 Å². The number of ether oxygens (including phenoxy) is 1. The first-order valence-electron chi connectivity index (χ1n) is 9.10. The number of hydrogen-bond acceptors (Lipinski definition) is 5. The molecule has 0 spiro atoms. The molecule has 0 aliphatic carbocycles. The molecule has 138 valence electrons. The molecule has 1 aliphatic heterocycles. The van der Waals surface area contributed by atoms with Gasteiger partial charge in [0.15, 0.2) is 6.61 Å². The van der Waals surface area contributed by atoms with Crippen molar-refractivity contribution >= 4 is 11.9 Å². The largest absolute Gasteiger partial charge is 0.452 e. The van der Waals surface area contributed by atoms with Crippen molar-refractivity contribution in [2.45, 2.75) is 45.6 Å². The van der Waals surface area contributed by atoms with Gasteiger partial charge in [-0.3, -0.25) is 4.79 Å². The first-order chi connectivity index (χ1) is 12.6. The Morgan fingerprint density at radius 3 is 2.77 bits per heavy atom. The summed E-state index contributed by atoms with van der Waals surface area (Å²) >= 11 is 0. The maximum absolute atomic E-state index is 12.6. The average molecular weight is 356 g/mol. The summed E-state index contributed by atoms with van der Waals surface area (Å²) in [7, 11) is 0. The van der Waals surface area contributed by atoms with Crippen LogP contribution in [0.5, 0.6) is 0 Å². The topological polar surface area (TPSA) is 72.6 Å². The van der Waals surface area contributed by atoms with Gasteiger partial charge in [0.25, 0.3) is 5.91 Å². The highest BCUT2D eigenvalue weighted by Gasteiger charge is 2.28. The molecule has 1 aliphatic rings. The van der Waals surface area contributed by atoms with Crippen LogP contribution in [-0.4, -0.2) is 41.1 Å². The van der Waals surface area contributed by atoms with Crippen molar-refractivity contribution in [2.24, 2.45) is 0 Å². The lowest BCUT2D eigenvalue weighted by molar-refractivity contribution is -0.138. The van der Waals surface area contributed by atoms with Gasteiger partial charge < -0.3 is 14.2 Å². The van der Waals surface area contributed by atoms with Crippen LogP contribution in [0.25, 0.3) is 11.3 Å². The Hall–Kier alpha value is -2.63. The van der Waals surface area contributed by atoms with Gasteiger partial charge in [-0.05, 0) is 32.6 Å². The molecular weight excluding hydrogens is 332 g/mol. The lowest BCUT2D eigenvalue weighted by Crippen LogP contribution is -2.45. The Labute approximate surface area is 153 Å². The van der Waals surface area contributed by atoms with Gasteiger partial charge >= 0.3 is 5.97 Å². The van der Waals surface area contributed by atoms with Gasteiger partial charge in [0.2, 0.25) is 0 Å². The fraction of sp³-hybridized carbons (Fsp3) is 0.450. The van der Waals surface area contributed by atoms with Crippen molar-refractivity contribution in [1.29, 1.82) is 0 Å². The van der Waals surface area contributed by atoms with Crippen molar-refractivity contribution in [3.05, 3.63) is 41.7 Å². The first kappa shape index (κ1) is 18.2. The number of aryl methyl sites for hydroxylation is 1. The summed E-state index contributed by atoms with van der Waals surface area (Å²) in [4.78, 5) is 26.9. The Morgan fingerprint density at radius 2 is 2.04 bits per heavy atom. The number of piperidine rings is 1. The van der Waals surface area contributed by atoms with Crippen LogP contribution in [0.3, 0.4) is 0 Å². The summed E-state index contributed by atoms with van der Waals surface area (Å²) in [6.45, 7) is 4.22. The highest BCUT2D eigenvalue weighted by Crippen LogP contribution is 2.26. The van der Waals surface area contributed by atoms with Crippen molar-refractivity contribution < 1.29 is 18.8 Å². The summed E-state index contributed by atoms with van der Waals surface area (Å²) in [5.41, 5.74) is 1.48. The van der Waals surface area contributed by atoms with E-state index in [4.69, 9.17) is 9.26 Å². The SMILES string of the molecule is CC[C@@H]1CCCCN1C(=O)COC(=O)c1c(-c2ccccc2)noc1C. The fourth-order valence-corrected chi connectivity index (χ4v) is 3.44. The quantitative estimate of drug-likeness (QED) is 0.766. The van der Waals surface area contributed by atoms with Crippen LogP contribution in [0.2, 0.25) is 0 Å². The molecule has 1 amide bonds. The normalized spacial score (nSPS) is 17.2. The predicted octanol–water partition coefficient (Wildman–Crippen LogP) is 3.60. The summed E-state index contributed by atoms with van der Waals surface area (Å²) < 4.78 is 10.5. The summed E-state index contributed by atoms with van der Waals surface area (Å²) in [5, 5.41) is 3.98. The molecule has 1 fully saturated rings. The van der Waals surface area contributed by atoms with Crippen LogP contribution in [0, 0.1) is 6.92 Å². The van der Waals surface area contributed by atoms with Gasteiger partial charge in [-0.1, -0.05) is 42.4 Å². The highest BCUT2D eigenvalue weighted by molar-refractivity contribution is 5.98. The van der Waals surface area contributed by atoms with E-state index in [1.807, 2.05) is 35.2 Å². The molecule has 26 heavy (non-hydrogen) atoms. The maximum atomic E-state index is 12.6. The molecule has 1 aromatic carbocycles. The second-order valence-electron chi connectivity index (χ2n) is 6.55. The van der Waals surface area contributed by atoms with E-state index in [2.05, 4.69) is 12.1 Å². The third kappa shape index (κ3) is 3.79. The van der Waals surface area contributed by atoms with Gasteiger partial charge in [0, 0.05) is 18.2 Å². The summed E-state index contributed by atoms with van der Waals surface area (Å²) in [6.07, 6.45) is 4.07. The van der Waals surface area contributed by atoms with E-state index in [9.17, 15) is 9.59 Å². The number of carbonyl (C=O) groups excluding carboxylic acids is 2. The monoisotopic (exact) mass is 356 g/mol. The predicted molar refractivity (Wildman–Crippen MR) is 96.6 cm³/mol. The number of esters is 1. The zero-order chi connectivity index (χ0) is 18.5. The van der Waals surface area contributed by atoms with E-state index >= 15 is 0 Å². The molecule has 1 saturated heterocycles. The molecule has 0 bridgehead atoms. The number of hydrogen-bond donors (Lipinski definition) is 0. The third-order valence-corrected chi connectivity index (χ3v) is 4.86. The third-order valence-electron chi connectivity index (χ3n) is 4.86.